The van der Waals surface area contributed by atoms with E-state index >= 15 is 0 Å². The molecule has 0 aromatic heterocycles. The quantitative estimate of drug-likeness (QED) is 0.503. The average molecular weight is 200 g/mol. The van der Waals surface area contributed by atoms with E-state index in [-0.39, 0.29) is 4.91 Å². The fourth-order valence-corrected chi connectivity index (χ4v) is 2.05. The van der Waals surface area contributed by atoms with Crippen molar-refractivity contribution in [3.8, 4) is 0 Å². The van der Waals surface area contributed by atoms with Crippen molar-refractivity contribution in [1.82, 2.24) is 0 Å². The average Bonchev–Trinajstić information content (AvgIpc) is 2.29. The molecular weight excluding hydrogens is 188 g/mol. The van der Waals surface area contributed by atoms with Crippen LogP contribution in [-0.4, -0.2) is 14.0 Å². The fourth-order valence-electron chi connectivity index (χ4n) is 0.843. The molecule has 0 radical (unpaired) electrons. The van der Waals surface area contributed by atoms with Crippen molar-refractivity contribution in [2.75, 3.05) is 0 Å². The van der Waals surface area contributed by atoms with Gasteiger partial charge in [-0.1, -0.05) is 11.8 Å². The van der Waals surface area contributed by atoms with Crippen molar-refractivity contribution in [3.63, 3.8) is 0 Å². The Labute approximate surface area is 78.5 Å². The second-order valence-corrected chi connectivity index (χ2v) is 5.20. The SMILES string of the molecule is CC(C)(C)OS(=O)(=O)C1=C=CC=C1. The minimum Gasteiger partial charge on any atom is -0.260 e. The standard InChI is InChI=1S/C9H12O3S/c1-9(2,3)12-13(10,11)8-6-4-5-7-8/h4-6H,1-3H3. The first-order valence-electron chi connectivity index (χ1n) is 3.90. The van der Waals surface area contributed by atoms with E-state index in [1.807, 2.05) is 0 Å². The van der Waals surface area contributed by atoms with Gasteiger partial charge in [0.25, 0.3) is 0 Å². The van der Waals surface area contributed by atoms with Gasteiger partial charge in [0.05, 0.1) is 5.60 Å². The molecule has 0 aromatic carbocycles. The molecule has 13 heavy (non-hydrogen) atoms. The molecule has 0 saturated heterocycles. The molecule has 1 aliphatic carbocycles. The molecule has 0 aliphatic heterocycles. The van der Waals surface area contributed by atoms with Crippen molar-refractivity contribution >= 4 is 10.1 Å². The minimum atomic E-state index is -3.63. The Kier molecular flexibility index (Phi) is 2.48. The van der Waals surface area contributed by atoms with Crippen molar-refractivity contribution in [3.05, 3.63) is 28.9 Å². The predicted octanol–water partition coefficient (Wildman–Crippen LogP) is 1.74. The van der Waals surface area contributed by atoms with Gasteiger partial charge in [-0.3, -0.25) is 4.18 Å². The molecule has 0 bridgehead atoms. The van der Waals surface area contributed by atoms with Crippen LogP contribution in [0.2, 0.25) is 0 Å². The predicted molar refractivity (Wildman–Crippen MR) is 50.5 cm³/mol. The summed E-state index contributed by atoms with van der Waals surface area (Å²) in [4.78, 5) is 0.0856. The molecule has 0 N–H and O–H groups in total. The zero-order chi connectivity index (χ0) is 10.1. The van der Waals surface area contributed by atoms with Gasteiger partial charge in [0.1, 0.15) is 4.91 Å². The second-order valence-electron chi connectivity index (χ2n) is 3.68. The van der Waals surface area contributed by atoms with Crippen LogP contribution < -0.4 is 0 Å². The first-order valence-corrected chi connectivity index (χ1v) is 5.31. The van der Waals surface area contributed by atoms with Gasteiger partial charge >= 0.3 is 10.1 Å². The Morgan fingerprint density at radius 1 is 1.38 bits per heavy atom. The van der Waals surface area contributed by atoms with Crippen LogP contribution in [0.3, 0.4) is 0 Å². The van der Waals surface area contributed by atoms with Crippen LogP contribution in [0.1, 0.15) is 20.8 Å². The highest BCUT2D eigenvalue weighted by molar-refractivity contribution is 7.91. The maximum atomic E-state index is 11.5. The largest absolute Gasteiger partial charge is 0.304 e. The maximum Gasteiger partial charge on any atom is 0.304 e. The summed E-state index contributed by atoms with van der Waals surface area (Å²) in [6, 6.07) is 0. The van der Waals surface area contributed by atoms with Gasteiger partial charge in [-0.15, -0.1) is 0 Å². The van der Waals surface area contributed by atoms with Gasteiger partial charge in [0.2, 0.25) is 0 Å². The molecule has 72 valence electrons. The highest BCUT2D eigenvalue weighted by atomic mass is 32.2. The van der Waals surface area contributed by atoms with E-state index in [0.717, 1.165) is 0 Å². The molecular formula is C9H12O3S. The van der Waals surface area contributed by atoms with Crippen LogP contribution in [0, 0.1) is 0 Å². The van der Waals surface area contributed by atoms with Gasteiger partial charge in [-0.25, -0.2) is 0 Å². The molecule has 0 saturated carbocycles. The molecule has 1 rings (SSSR count). The van der Waals surface area contributed by atoms with Gasteiger partial charge in [-0.2, -0.15) is 8.42 Å². The lowest BCUT2D eigenvalue weighted by atomic mass is 10.2. The van der Waals surface area contributed by atoms with E-state index in [4.69, 9.17) is 4.18 Å². The highest BCUT2D eigenvalue weighted by Crippen LogP contribution is 2.19. The Morgan fingerprint density at radius 3 is 2.38 bits per heavy atom. The summed E-state index contributed by atoms with van der Waals surface area (Å²) < 4.78 is 27.8. The Morgan fingerprint density at radius 2 is 2.00 bits per heavy atom. The summed E-state index contributed by atoms with van der Waals surface area (Å²) >= 11 is 0. The molecule has 0 heterocycles. The lowest BCUT2D eigenvalue weighted by Gasteiger charge is -2.18. The van der Waals surface area contributed by atoms with Crippen LogP contribution in [0.15, 0.2) is 28.9 Å². The summed E-state index contributed by atoms with van der Waals surface area (Å²) in [7, 11) is -3.63. The third-order valence-electron chi connectivity index (χ3n) is 1.20. The molecule has 0 unspecified atom stereocenters. The topological polar surface area (TPSA) is 43.4 Å². The molecule has 1 aliphatic rings. The van der Waals surface area contributed by atoms with E-state index in [1.165, 1.54) is 6.08 Å². The van der Waals surface area contributed by atoms with Crippen LogP contribution >= 0.6 is 0 Å². The summed E-state index contributed by atoms with van der Waals surface area (Å²) in [6.45, 7) is 5.06. The van der Waals surface area contributed by atoms with E-state index in [1.54, 1.807) is 32.9 Å². The molecule has 3 nitrogen and oxygen atoms in total. The number of rotatable bonds is 2. The van der Waals surface area contributed by atoms with Gasteiger partial charge in [0, 0.05) is 0 Å². The first kappa shape index (κ1) is 10.3. The van der Waals surface area contributed by atoms with Gasteiger partial charge < -0.3 is 0 Å². The normalized spacial score (nSPS) is 16.4. The summed E-state index contributed by atoms with van der Waals surface area (Å²) in [5.74, 6) is 0. The van der Waals surface area contributed by atoms with Gasteiger partial charge in [-0.05, 0) is 32.9 Å². The molecule has 0 aromatic rings. The summed E-state index contributed by atoms with van der Waals surface area (Å²) in [5, 5.41) is 0. The van der Waals surface area contributed by atoms with Crippen LogP contribution in [0.25, 0.3) is 0 Å². The van der Waals surface area contributed by atoms with E-state index in [2.05, 4.69) is 5.73 Å². The van der Waals surface area contributed by atoms with Crippen LogP contribution in [0.5, 0.6) is 0 Å². The maximum absolute atomic E-state index is 11.5. The number of hydrogen-bond acceptors (Lipinski definition) is 3. The van der Waals surface area contributed by atoms with Crippen molar-refractivity contribution < 1.29 is 12.6 Å². The van der Waals surface area contributed by atoms with Gasteiger partial charge in [0.15, 0.2) is 0 Å². The minimum absolute atomic E-state index is 0.0856. The van der Waals surface area contributed by atoms with Crippen LogP contribution in [-0.2, 0) is 14.3 Å². The fraction of sp³-hybridized carbons (Fsp3) is 0.444. The smallest absolute Gasteiger partial charge is 0.260 e. The van der Waals surface area contributed by atoms with E-state index in [9.17, 15) is 8.42 Å². The Bertz CT molecular complexity index is 387. The lowest BCUT2D eigenvalue weighted by Crippen LogP contribution is -2.24. The highest BCUT2D eigenvalue weighted by Gasteiger charge is 2.25. The lowest BCUT2D eigenvalue weighted by molar-refractivity contribution is 0.142. The Balaban J connectivity index is 2.92. The van der Waals surface area contributed by atoms with Crippen LogP contribution in [0.4, 0.5) is 0 Å². The molecule has 0 atom stereocenters. The van der Waals surface area contributed by atoms with Crippen molar-refractivity contribution in [2.24, 2.45) is 0 Å². The molecule has 0 spiro atoms. The zero-order valence-electron chi connectivity index (χ0n) is 7.87. The number of hydrogen-bond donors (Lipinski definition) is 0. The Hall–Kier alpha value is -0.830. The van der Waals surface area contributed by atoms with E-state index < -0.39 is 15.7 Å². The molecule has 4 heteroatoms. The zero-order valence-corrected chi connectivity index (χ0v) is 8.68. The first-order chi connectivity index (χ1) is 5.81. The third kappa shape index (κ3) is 2.84. The van der Waals surface area contributed by atoms with Crippen molar-refractivity contribution in [2.45, 2.75) is 26.4 Å². The second kappa shape index (κ2) is 3.14. The molecule has 0 amide bonds. The number of allylic oxidation sites excluding steroid dienone is 2. The third-order valence-corrected chi connectivity index (χ3v) is 2.71. The summed E-state index contributed by atoms with van der Waals surface area (Å²) in [6.07, 6.45) is 4.61. The van der Waals surface area contributed by atoms with Crippen molar-refractivity contribution in [1.29, 1.82) is 0 Å². The van der Waals surface area contributed by atoms with E-state index in [0.29, 0.717) is 0 Å². The molecule has 0 fully saturated rings. The summed E-state index contributed by atoms with van der Waals surface area (Å²) in [5.41, 5.74) is 1.88. The monoisotopic (exact) mass is 200 g/mol.